The zero-order valence-corrected chi connectivity index (χ0v) is 16.1. The van der Waals surface area contributed by atoms with Gasteiger partial charge in [-0.05, 0) is 46.7 Å². The van der Waals surface area contributed by atoms with Crippen LogP contribution in [0.3, 0.4) is 0 Å². The third-order valence-corrected chi connectivity index (χ3v) is 5.75. The van der Waals surface area contributed by atoms with Crippen molar-refractivity contribution in [1.29, 1.82) is 0 Å². The highest BCUT2D eigenvalue weighted by Gasteiger charge is 2.35. The van der Waals surface area contributed by atoms with Crippen molar-refractivity contribution >= 4 is 5.91 Å². The third kappa shape index (κ3) is 4.03. The largest absolute Gasteiger partial charge is 0.339 e. The van der Waals surface area contributed by atoms with E-state index in [1.54, 1.807) is 0 Å². The van der Waals surface area contributed by atoms with Crippen LogP contribution in [-0.2, 0) is 11.3 Å². The highest BCUT2D eigenvalue weighted by atomic mass is 16.2. The van der Waals surface area contributed by atoms with Gasteiger partial charge in [-0.15, -0.1) is 0 Å². The van der Waals surface area contributed by atoms with Crippen LogP contribution in [0.4, 0.5) is 0 Å². The predicted molar refractivity (Wildman–Crippen MR) is 97.4 cm³/mol. The summed E-state index contributed by atoms with van der Waals surface area (Å²) in [5, 5.41) is 4.50. The molecule has 2 saturated heterocycles. The lowest BCUT2D eigenvalue weighted by Crippen LogP contribution is -2.55. The summed E-state index contributed by atoms with van der Waals surface area (Å²) in [6.45, 7) is 14.8. The summed E-state index contributed by atoms with van der Waals surface area (Å²) >= 11 is 0. The molecule has 2 aliphatic heterocycles. The lowest BCUT2D eigenvalue weighted by atomic mass is 10.1. The van der Waals surface area contributed by atoms with E-state index in [0.717, 1.165) is 70.3 Å². The van der Waals surface area contributed by atoms with Gasteiger partial charge in [0.2, 0.25) is 5.91 Å². The molecule has 2 aliphatic rings. The molecular weight excluding hydrogens is 316 g/mol. The van der Waals surface area contributed by atoms with E-state index in [0.29, 0.717) is 6.04 Å². The molecule has 0 aliphatic carbocycles. The molecule has 7 heteroatoms. The van der Waals surface area contributed by atoms with Crippen molar-refractivity contribution in [3.8, 4) is 0 Å². The van der Waals surface area contributed by atoms with Gasteiger partial charge < -0.3 is 9.80 Å². The van der Waals surface area contributed by atoms with Gasteiger partial charge in [0.1, 0.15) is 11.6 Å². The number of hydrogen-bond acceptors (Lipinski definition) is 5. The van der Waals surface area contributed by atoms with Gasteiger partial charge in [-0.2, -0.15) is 5.10 Å². The Balaban J connectivity index is 1.61. The van der Waals surface area contributed by atoms with Crippen LogP contribution in [0.5, 0.6) is 0 Å². The minimum absolute atomic E-state index is 0.0504. The molecule has 3 rings (SSSR count). The van der Waals surface area contributed by atoms with E-state index >= 15 is 0 Å². The molecule has 0 N–H and O–H groups in total. The number of rotatable bonds is 5. The molecule has 0 saturated carbocycles. The summed E-state index contributed by atoms with van der Waals surface area (Å²) in [5.41, 5.74) is 0. The number of likely N-dealkylation sites (N-methyl/N-ethyl adjacent to an activating group) is 1. The second kappa shape index (κ2) is 7.83. The Morgan fingerprint density at radius 3 is 2.52 bits per heavy atom. The van der Waals surface area contributed by atoms with Gasteiger partial charge in [0.15, 0.2) is 0 Å². The van der Waals surface area contributed by atoms with Crippen LogP contribution in [0.1, 0.15) is 38.3 Å². The van der Waals surface area contributed by atoms with Crippen LogP contribution in [0.25, 0.3) is 0 Å². The zero-order chi connectivity index (χ0) is 18.0. The van der Waals surface area contributed by atoms with Crippen LogP contribution >= 0.6 is 0 Å². The first-order valence-electron chi connectivity index (χ1n) is 9.64. The lowest BCUT2D eigenvalue weighted by molar-refractivity contribution is -0.138. The van der Waals surface area contributed by atoms with Crippen LogP contribution in [0, 0.1) is 13.8 Å². The fourth-order valence-electron chi connectivity index (χ4n) is 4.19. The maximum Gasteiger partial charge on any atom is 0.239 e. The fourth-order valence-corrected chi connectivity index (χ4v) is 4.19. The molecule has 1 aromatic heterocycles. The number of carbonyl (C=O) groups excluding carboxylic acids is 1. The number of carbonyl (C=O) groups is 1. The number of aryl methyl sites for hydroxylation is 2. The molecular formula is C18H32N6O. The van der Waals surface area contributed by atoms with E-state index in [9.17, 15) is 4.79 Å². The van der Waals surface area contributed by atoms with Crippen molar-refractivity contribution in [2.24, 2.45) is 0 Å². The van der Waals surface area contributed by atoms with E-state index in [-0.39, 0.29) is 11.9 Å². The molecule has 2 unspecified atom stereocenters. The molecule has 25 heavy (non-hydrogen) atoms. The Kier molecular flexibility index (Phi) is 5.74. The molecule has 7 nitrogen and oxygen atoms in total. The normalized spacial score (nSPS) is 24.0. The predicted octanol–water partition coefficient (Wildman–Crippen LogP) is 0.912. The molecule has 2 atom stereocenters. The molecule has 1 amide bonds. The second-order valence-corrected chi connectivity index (χ2v) is 7.36. The topological polar surface area (TPSA) is 57.5 Å². The maximum absolute atomic E-state index is 13.0. The third-order valence-electron chi connectivity index (χ3n) is 5.75. The van der Waals surface area contributed by atoms with Crippen LogP contribution in [0.15, 0.2) is 0 Å². The first-order chi connectivity index (χ1) is 12.0. The van der Waals surface area contributed by atoms with Gasteiger partial charge in [-0.1, -0.05) is 6.92 Å². The summed E-state index contributed by atoms with van der Waals surface area (Å²) in [7, 11) is 0. The van der Waals surface area contributed by atoms with E-state index in [1.165, 1.54) is 0 Å². The van der Waals surface area contributed by atoms with Crippen molar-refractivity contribution in [2.75, 3.05) is 39.3 Å². The molecule has 0 aromatic carbocycles. The van der Waals surface area contributed by atoms with E-state index in [4.69, 9.17) is 0 Å². The summed E-state index contributed by atoms with van der Waals surface area (Å²) in [6.07, 6.45) is 2.28. The Morgan fingerprint density at radius 1 is 1.20 bits per heavy atom. The summed E-state index contributed by atoms with van der Waals surface area (Å²) in [4.78, 5) is 24.2. The highest BCUT2D eigenvalue weighted by Crippen LogP contribution is 2.23. The van der Waals surface area contributed by atoms with Crippen molar-refractivity contribution in [3.63, 3.8) is 0 Å². The zero-order valence-electron chi connectivity index (χ0n) is 16.1. The van der Waals surface area contributed by atoms with Crippen molar-refractivity contribution in [2.45, 2.75) is 59.2 Å². The number of aromatic nitrogens is 3. The first kappa shape index (κ1) is 18.3. The van der Waals surface area contributed by atoms with E-state index in [1.807, 2.05) is 18.5 Å². The average molecular weight is 348 g/mol. The number of amides is 1. The summed E-state index contributed by atoms with van der Waals surface area (Å²) < 4.78 is 2.00. The maximum atomic E-state index is 13.0. The molecule has 140 valence electrons. The molecule has 0 bridgehead atoms. The van der Waals surface area contributed by atoms with Gasteiger partial charge in [0, 0.05) is 32.2 Å². The average Bonchev–Trinajstić information content (AvgIpc) is 3.20. The van der Waals surface area contributed by atoms with E-state index < -0.39 is 0 Å². The quantitative estimate of drug-likeness (QED) is 0.792. The van der Waals surface area contributed by atoms with Gasteiger partial charge in [-0.25, -0.2) is 9.67 Å². The smallest absolute Gasteiger partial charge is 0.239 e. The molecule has 3 heterocycles. The van der Waals surface area contributed by atoms with Gasteiger partial charge >= 0.3 is 0 Å². The fraction of sp³-hybridized carbons (Fsp3) is 0.833. The Hall–Kier alpha value is -1.47. The molecule has 0 radical (unpaired) electrons. The standard InChI is InChI=1S/C18H32N6O/c1-5-21-9-11-22(12-10-21)18(25)14(2)23-8-6-7-17(23)13-24-16(4)19-15(3)20-24/h14,17H,5-13H2,1-4H3. The Bertz CT molecular complexity index is 592. The van der Waals surface area contributed by atoms with Crippen LogP contribution < -0.4 is 0 Å². The lowest BCUT2D eigenvalue weighted by Gasteiger charge is -2.38. The van der Waals surface area contributed by atoms with Gasteiger partial charge in [-0.3, -0.25) is 9.69 Å². The summed E-state index contributed by atoms with van der Waals surface area (Å²) in [6, 6.07) is 0.321. The molecule has 2 fully saturated rings. The number of piperazine rings is 1. The number of hydrogen-bond donors (Lipinski definition) is 0. The number of nitrogens with zero attached hydrogens (tertiary/aromatic N) is 6. The second-order valence-electron chi connectivity index (χ2n) is 7.36. The minimum Gasteiger partial charge on any atom is -0.339 e. The van der Waals surface area contributed by atoms with E-state index in [2.05, 4.69) is 38.6 Å². The Labute approximate surface area is 151 Å². The monoisotopic (exact) mass is 348 g/mol. The van der Waals surface area contributed by atoms with Gasteiger partial charge in [0.25, 0.3) is 0 Å². The van der Waals surface area contributed by atoms with Crippen LogP contribution in [-0.4, -0.2) is 86.7 Å². The van der Waals surface area contributed by atoms with Gasteiger partial charge in [0.05, 0.1) is 12.6 Å². The molecule has 0 spiro atoms. The molecule has 1 aromatic rings. The van der Waals surface area contributed by atoms with Crippen molar-refractivity contribution in [3.05, 3.63) is 11.6 Å². The first-order valence-corrected chi connectivity index (χ1v) is 9.64. The number of likely N-dealkylation sites (tertiary alicyclic amines) is 1. The van der Waals surface area contributed by atoms with Crippen molar-refractivity contribution < 1.29 is 4.79 Å². The SMILES string of the molecule is CCN1CCN(C(=O)C(C)N2CCCC2Cn2nc(C)nc2C)CC1. The summed E-state index contributed by atoms with van der Waals surface area (Å²) in [5.74, 6) is 2.06. The van der Waals surface area contributed by atoms with Crippen LogP contribution in [0.2, 0.25) is 0 Å². The van der Waals surface area contributed by atoms with Crippen molar-refractivity contribution in [1.82, 2.24) is 29.5 Å². The highest BCUT2D eigenvalue weighted by molar-refractivity contribution is 5.81. The Morgan fingerprint density at radius 2 is 1.92 bits per heavy atom. The minimum atomic E-state index is -0.0504.